The predicted octanol–water partition coefficient (Wildman–Crippen LogP) is 4.20. The maximum Gasteiger partial charge on any atom is 0.118 e. The van der Waals surface area contributed by atoms with Gasteiger partial charge in [-0.15, -0.1) is 0 Å². The molecule has 0 aliphatic carbocycles. The molecule has 0 unspecified atom stereocenters. The SMILES string of the molecule is COc1ccc(CNc2cc(Cl)c(Cl)cc2N)cc1. The molecular formula is C14H14Cl2N2O. The van der Waals surface area contributed by atoms with E-state index in [1.807, 2.05) is 24.3 Å². The Morgan fingerprint density at radius 1 is 1.11 bits per heavy atom. The maximum absolute atomic E-state index is 5.96. The highest BCUT2D eigenvalue weighted by atomic mass is 35.5. The highest BCUT2D eigenvalue weighted by Gasteiger charge is 2.05. The molecule has 0 saturated carbocycles. The molecule has 100 valence electrons. The van der Waals surface area contributed by atoms with E-state index in [1.165, 1.54) is 0 Å². The van der Waals surface area contributed by atoms with Gasteiger partial charge in [-0.3, -0.25) is 0 Å². The maximum atomic E-state index is 5.96. The molecule has 0 amide bonds. The fourth-order valence-electron chi connectivity index (χ4n) is 1.66. The molecule has 2 aromatic carbocycles. The molecule has 2 aromatic rings. The number of hydrogen-bond donors (Lipinski definition) is 2. The summed E-state index contributed by atoms with van der Waals surface area (Å²) >= 11 is 11.8. The van der Waals surface area contributed by atoms with E-state index in [1.54, 1.807) is 19.2 Å². The van der Waals surface area contributed by atoms with Crippen molar-refractivity contribution in [2.24, 2.45) is 0 Å². The normalized spacial score (nSPS) is 10.3. The Bertz CT molecular complexity index is 570. The lowest BCUT2D eigenvalue weighted by molar-refractivity contribution is 0.414. The molecule has 0 spiro atoms. The molecule has 0 aliphatic heterocycles. The minimum absolute atomic E-state index is 0.453. The van der Waals surface area contributed by atoms with Crippen LogP contribution in [0.15, 0.2) is 36.4 Å². The van der Waals surface area contributed by atoms with Gasteiger partial charge in [-0.05, 0) is 29.8 Å². The van der Waals surface area contributed by atoms with Crippen LogP contribution in [0.5, 0.6) is 5.75 Å². The van der Waals surface area contributed by atoms with Crippen LogP contribution in [0, 0.1) is 0 Å². The van der Waals surface area contributed by atoms with Gasteiger partial charge in [0.15, 0.2) is 0 Å². The lowest BCUT2D eigenvalue weighted by Crippen LogP contribution is -2.02. The largest absolute Gasteiger partial charge is 0.497 e. The minimum Gasteiger partial charge on any atom is -0.497 e. The number of anilines is 2. The van der Waals surface area contributed by atoms with Crippen LogP contribution in [0.2, 0.25) is 10.0 Å². The summed E-state index contributed by atoms with van der Waals surface area (Å²) in [6, 6.07) is 11.2. The fourth-order valence-corrected chi connectivity index (χ4v) is 1.99. The Morgan fingerprint density at radius 2 is 1.74 bits per heavy atom. The Hall–Kier alpha value is -1.58. The lowest BCUT2D eigenvalue weighted by Gasteiger charge is -2.11. The monoisotopic (exact) mass is 296 g/mol. The zero-order chi connectivity index (χ0) is 13.8. The third-order valence-corrected chi connectivity index (χ3v) is 3.46. The number of nitrogens with one attached hydrogen (secondary N) is 1. The summed E-state index contributed by atoms with van der Waals surface area (Å²) in [5, 5.41) is 4.16. The van der Waals surface area contributed by atoms with Gasteiger partial charge in [-0.2, -0.15) is 0 Å². The van der Waals surface area contributed by atoms with Crippen molar-refractivity contribution in [1.82, 2.24) is 0 Å². The third-order valence-electron chi connectivity index (χ3n) is 2.73. The molecule has 19 heavy (non-hydrogen) atoms. The van der Waals surface area contributed by atoms with Crippen molar-refractivity contribution in [3.63, 3.8) is 0 Å². The first-order valence-corrected chi connectivity index (χ1v) is 6.47. The molecule has 0 radical (unpaired) electrons. The summed E-state index contributed by atoms with van der Waals surface area (Å²) in [6.45, 7) is 0.645. The minimum atomic E-state index is 0.453. The highest BCUT2D eigenvalue weighted by molar-refractivity contribution is 6.42. The third kappa shape index (κ3) is 3.46. The van der Waals surface area contributed by atoms with Crippen LogP contribution in [0.1, 0.15) is 5.56 Å². The zero-order valence-electron chi connectivity index (χ0n) is 10.4. The molecule has 3 nitrogen and oxygen atoms in total. The van der Waals surface area contributed by atoms with Crippen molar-refractivity contribution in [2.45, 2.75) is 6.54 Å². The van der Waals surface area contributed by atoms with Gasteiger partial charge in [0.1, 0.15) is 5.75 Å². The zero-order valence-corrected chi connectivity index (χ0v) is 11.9. The predicted molar refractivity (Wildman–Crippen MR) is 81.2 cm³/mol. The number of nitrogen functional groups attached to an aromatic ring is 1. The van der Waals surface area contributed by atoms with Crippen LogP contribution in [0.25, 0.3) is 0 Å². The van der Waals surface area contributed by atoms with Crippen molar-refractivity contribution in [1.29, 1.82) is 0 Å². The van der Waals surface area contributed by atoms with Gasteiger partial charge in [0.25, 0.3) is 0 Å². The molecular weight excluding hydrogens is 283 g/mol. The lowest BCUT2D eigenvalue weighted by atomic mass is 10.2. The average Bonchev–Trinajstić information content (AvgIpc) is 2.42. The molecule has 0 aliphatic rings. The van der Waals surface area contributed by atoms with E-state index in [-0.39, 0.29) is 0 Å². The Balaban J connectivity index is 2.07. The van der Waals surface area contributed by atoms with Gasteiger partial charge in [0.2, 0.25) is 0 Å². The molecule has 0 saturated heterocycles. The number of halogens is 2. The first kappa shape index (κ1) is 13.8. The second-order valence-corrected chi connectivity index (χ2v) is 4.87. The number of ether oxygens (including phenoxy) is 1. The molecule has 3 N–H and O–H groups in total. The quantitative estimate of drug-likeness (QED) is 0.832. The van der Waals surface area contributed by atoms with Crippen molar-refractivity contribution in [3.8, 4) is 5.75 Å². The van der Waals surface area contributed by atoms with Crippen molar-refractivity contribution >= 4 is 34.6 Å². The van der Waals surface area contributed by atoms with Crippen LogP contribution in [-0.4, -0.2) is 7.11 Å². The van der Waals surface area contributed by atoms with Gasteiger partial charge < -0.3 is 15.8 Å². The van der Waals surface area contributed by atoms with Crippen molar-refractivity contribution in [3.05, 3.63) is 52.0 Å². The second kappa shape index (κ2) is 6.04. The summed E-state index contributed by atoms with van der Waals surface area (Å²) in [6.07, 6.45) is 0. The van der Waals surface area contributed by atoms with E-state index < -0.39 is 0 Å². The van der Waals surface area contributed by atoms with E-state index in [2.05, 4.69) is 5.32 Å². The molecule has 0 bridgehead atoms. The van der Waals surface area contributed by atoms with Crippen LogP contribution in [0.3, 0.4) is 0 Å². The Kier molecular flexibility index (Phi) is 4.40. The molecule has 0 aromatic heterocycles. The number of benzene rings is 2. The van der Waals surface area contributed by atoms with Gasteiger partial charge >= 0.3 is 0 Å². The fraction of sp³-hybridized carbons (Fsp3) is 0.143. The molecule has 0 heterocycles. The Morgan fingerprint density at radius 3 is 2.37 bits per heavy atom. The Labute approximate surface area is 122 Å². The van der Waals surface area contributed by atoms with Crippen molar-refractivity contribution in [2.75, 3.05) is 18.2 Å². The summed E-state index contributed by atoms with van der Waals surface area (Å²) in [4.78, 5) is 0. The molecule has 0 atom stereocenters. The molecule has 5 heteroatoms. The number of methoxy groups -OCH3 is 1. The van der Waals surface area contributed by atoms with Crippen LogP contribution < -0.4 is 15.8 Å². The highest BCUT2D eigenvalue weighted by Crippen LogP contribution is 2.30. The van der Waals surface area contributed by atoms with Crippen LogP contribution in [-0.2, 0) is 6.54 Å². The van der Waals surface area contributed by atoms with Gasteiger partial charge in [-0.25, -0.2) is 0 Å². The van der Waals surface area contributed by atoms with Crippen molar-refractivity contribution < 1.29 is 4.74 Å². The van der Waals surface area contributed by atoms with E-state index in [0.29, 0.717) is 22.3 Å². The first-order valence-electron chi connectivity index (χ1n) is 5.71. The smallest absolute Gasteiger partial charge is 0.118 e. The van der Waals surface area contributed by atoms with E-state index in [4.69, 9.17) is 33.7 Å². The summed E-state index contributed by atoms with van der Waals surface area (Å²) < 4.78 is 5.11. The van der Waals surface area contributed by atoms with E-state index in [0.717, 1.165) is 17.0 Å². The van der Waals surface area contributed by atoms with E-state index >= 15 is 0 Å². The summed E-state index contributed by atoms with van der Waals surface area (Å²) in [5.41, 5.74) is 8.33. The first-order chi connectivity index (χ1) is 9.10. The summed E-state index contributed by atoms with van der Waals surface area (Å²) in [7, 11) is 1.64. The number of hydrogen-bond acceptors (Lipinski definition) is 3. The molecule has 2 rings (SSSR count). The second-order valence-electron chi connectivity index (χ2n) is 4.06. The van der Waals surface area contributed by atoms with E-state index in [9.17, 15) is 0 Å². The standard InChI is InChI=1S/C14H14Cl2N2O/c1-19-10-4-2-9(3-5-10)8-18-14-7-12(16)11(15)6-13(14)17/h2-7,18H,8,17H2,1H3. The summed E-state index contributed by atoms with van der Waals surface area (Å²) in [5.74, 6) is 0.831. The number of rotatable bonds is 4. The van der Waals surface area contributed by atoms with Gasteiger partial charge in [-0.1, -0.05) is 35.3 Å². The van der Waals surface area contributed by atoms with Crippen LogP contribution in [0.4, 0.5) is 11.4 Å². The topological polar surface area (TPSA) is 47.3 Å². The molecule has 0 fully saturated rings. The van der Waals surface area contributed by atoms with Gasteiger partial charge in [0.05, 0.1) is 28.5 Å². The van der Waals surface area contributed by atoms with Gasteiger partial charge in [0, 0.05) is 6.54 Å². The van der Waals surface area contributed by atoms with Crippen LogP contribution >= 0.6 is 23.2 Å². The average molecular weight is 297 g/mol. The number of nitrogens with two attached hydrogens (primary N) is 1.